The van der Waals surface area contributed by atoms with Gasteiger partial charge in [0.05, 0.1) is 6.61 Å². The van der Waals surface area contributed by atoms with E-state index in [4.69, 9.17) is 4.74 Å². The summed E-state index contributed by atoms with van der Waals surface area (Å²) in [5.74, 6) is -0.346. The average Bonchev–Trinajstić information content (AvgIpc) is 2.96. The Bertz CT molecular complexity index is 869. The highest BCUT2D eigenvalue weighted by Crippen LogP contribution is 2.06. The summed E-state index contributed by atoms with van der Waals surface area (Å²) in [5, 5.41) is 7.48. The van der Waals surface area contributed by atoms with Gasteiger partial charge < -0.3 is 4.74 Å². The summed E-state index contributed by atoms with van der Waals surface area (Å²) in [6.07, 6.45) is 1.26. The van der Waals surface area contributed by atoms with E-state index in [0.29, 0.717) is 6.61 Å². The zero-order valence-electron chi connectivity index (χ0n) is 11.8. The van der Waals surface area contributed by atoms with Crippen molar-refractivity contribution in [3.05, 3.63) is 58.4 Å². The zero-order valence-corrected chi connectivity index (χ0v) is 11.8. The molecule has 0 amide bonds. The number of carbonyl (C=O) groups is 1. The van der Waals surface area contributed by atoms with E-state index < -0.39 is 5.69 Å². The van der Waals surface area contributed by atoms with Gasteiger partial charge in [-0.3, -0.25) is 4.79 Å². The predicted molar refractivity (Wildman–Crippen MR) is 76.5 cm³/mol. The van der Waals surface area contributed by atoms with Crippen LogP contribution in [0, 0.1) is 0 Å². The van der Waals surface area contributed by atoms with Crippen molar-refractivity contribution in [1.29, 1.82) is 0 Å². The molecular weight excluding hydrogens is 286 g/mol. The summed E-state index contributed by atoms with van der Waals surface area (Å²) in [6, 6.07) is 9.52. The number of rotatable bonds is 5. The number of ketones is 1. The zero-order chi connectivity index (χ0) is 15.5. The molecule has 0 spiro atoms. The molecule has 0 aliphatic heterocycles. The van der Waals surface area contributed by atoms with Crippen molar-refractivity contribution in [1.82, 2.24) is 24.4 Å². The minimum absolute atomic E-state index is 0.0817. The number of carbonyl (C=O) groups excluding carboxylic acids is 1. The summed E-state index contributed by atoms with van der Waals surface area (Å²) in [6.45, 7) is 0.185. The number of hydrogen-bond acceptors (Lipinski definition) is 6. The van der Waals surface area contributed by atoms with Crippen molar-refractivity contribution in [2.24, 2.45) is 7.05 Å². The molecular formula is C14H13N5O3. The first-order valence-corrected chi connectivity index (χ1v) is 6.59. The van der Waals surface area contributed by atoms with E-state index in [2.05, 4.69) is 15.3 Å². The van der Waals surface area contributed by atoms with E-state index in [1.54, 1.807) is 0 Å². The van der Waals surface area contributed by atoms with Crippen molar-refractivity contribution in [2.45, 2.75) is 6.61 Å². The van der Waals surface area contributed by atoms with Crippen LogP contribution in [0.1, 0.15) is 16.1 Å². The van der Waals surface area contributed by atoms with Crippen LogP contribution < -0.4 is 5.69 Å². The molecule has 112 valence electrons. The van der Waals surface area contributed by atoms with Crippen LogP contribution in [0.4, 0.5) is 0 Å². The Morgan fingerprint density at radius 3 is 2.82 bits per heavy atom. The largest absolute Gasteiger partial charge is 0.369 e. The minimum atomic E-state index is -0.415. The van der Waals surface area contributed by atoms with Crippen molar-refractivity contribution >= 4 is 11.4 Å². The van der Waals surface area contributed by atoms with E-state index in [1.807, 2.05) is 30.3 Å². The smallest absolute Gasteiger partial charge is 0.352 e. The molecule has 2 aromatic heterocycles. The van der Waals surface area contributed by atoms with Gasteiger partial charge in [0.15, 0.2) is 11.3 Å². The summed E-state index contributed by atoms with van der Waals surface area (Å²) >= 11 is 0. The van der Waals surface area contributed by atoms with Crippen molar-refractivity contribution < 1.29 is 9.53 Å². The van der Waals surface area contributed by atoms with Crippen LogP contribution in [0.15, 0.2) is 41.5 Å². The summed E-state index contributed by atoms with van der Waals surface area (Å²) < 4.78 is 7.62. The SMILES string of the molecule is Cn1nnc2c(C(=O)COCc3ccccc3)ncn2c1=O. The average molecular weight is 299 g/mol. The molecule has 0 atom stereocenters. The Morgan fingerprint density at radius 2 is 2.05 bits per heavy atom. The lowest BCUT2D eigenvalue weighted by molar-refractivity contribution is 0.0723. The second-order valence-electron chi connectivity index (χ2n) is 4.68. The molecule has 8 heteroatoms. The molecule has 0 radical (unpaired) electrons. The van der Waals surface area contributed by atoms with E-state index >= 15 is 0 Å². The number of aryl methyl sites for hydroxylation is 1. The number of hydrogen-bond donors (Lipinski definition) is 0. The molecule has 3 rings (SSSR count). The second-order valence-corrected chi connectivity index (χ2v) is 4.68. The first-order chi connectivity index (χ1) is 10.7. The lowest BCUT2D eigenvalue weighted by Crippen LogP contribution is -2.27. The summed E-state index contributed by atoms with van der Waals surface area (Å²) in [5.41, 5.74) is 0.773. The predicted octanol–water partition coefficient (Wildman–Crippen LogP) is 0.222. The van der Waals surface area contributed by atoms with Crippen LogP contribution >= 0.6 is 0 Å². The molecule has 1 aromatic carbocycles. The Hall–Kier alpha value is -2.87. The van der Waals surface area contributed by atoms with Crippen LogP contribution in [-0.2, 0) is 18.4 Å². The fraction of sp³-hybridized carbons (Fsp3) is 0.214. The molecule has 0 unspecified atom stereocenters. The van der Waals surface area contributed by atoms with Gasteiger partial charge in [-0.2, -0.15) is 4.68 Å². The molecule has 0 N–H and O–H groups in total. The molecule has 3 aromatic rings. The number of ether oxygens (including phenoxy) is 1. The van der Waals surface area contributed by atoms with E-state index in [0.717, 1.165) is 10.2 Å². The van der Waals surface area contributed by atoms with Crippen molar-refractivity contribution in [2.75, 3.05) is 6.61 Å². The quantitative estimate of drug-likeness (QED) is 0.626. The molecule has 0 aliphatic rings. The number of nitrogens with zero attached hydrogens (tertiary/aromatic N) is 5. The summed E-state index contributed by atoms with van der Waals surface area (Å²) in [4.78, 5) is 27.9. The highest BCUT2D eigenvalue weighted by Gasteiger charge is 2.17. The van der Waals surface area contributed by atoms with Crippen LogP contribution in [0.2, 0.25) is 0 Å². The van der Waals surface area contributed by atoms with Gasteiger partial charge >= 0.3 is 5.69 Å². The van der Waals surface area contributed by atoms with Gasteiger partial charge in [0, 0.05) is 7.05 Å². The van der Waals surface area contributed by atoms with Crippen LogP contribution in [-0.4, -0.2) is 36.8 Å². The van der Waals surface area contributed by atoms with Gasteiger partial charge in [-0.05, 0) is 5.56 Å². The molecule has 2 heterocycles. The second kappa shape index (κ2) is 5.86. The van der Waals surface area contributed by atoms with Gasteiger partial charge in [-0.15, -0.1) is 5.10 Å². The maximum Gasteiger partial charge on any atom is 0.352 e. The lowest BCUT2D eigenvalue weighted by atomic mass is 10.2. The molecule has 22 heavy (non-hydrogen) atoms. The minimum Gasteiger partial charge on any atom is -0.369 e. The number of Topliss-reactive ketones (excluding diaryl/α,β-unsaturated/α-hetero) is 1. The molecule has 8 nitrogen and oxygen atoms in total. The normalized spacial score (nSPS) is 11.0. The van der Waals surface area contributed by atoms with Crippen molar-refractivity contribution in [3.8, 4) is 0 Å². The lowest BCUT2D eigenvalue weighted by Gasteiger charge is -2.02. The number of aromatic nitrogens is 5. The fourth-order valence-corrected chi connectivity index (χ4v) is 1.98. The summed E-state index contributed by atoms with van der Waals surface area (Å²) in [7, 11) is 1.47. The standard InChI is InChI=1S/C14H13N5O3/c1-18-14(21)19-9-15-12(13(19)16-17-18)11(20)8-22-7-10-5-3-2-4-6-10/h2-6,9H,7-8H2,1H3. The fourth-order valence-electron chi connectivity index (χ4n) is 1.98. The third-order valence-electron chi connectivity index (χ3n) is 3.11. The Balaban J connectivity index is 1.73. The first-order valence-electron chi connectivity index (χ1n) is 6.59. The molecule has 0 aliphatic carbocycles. The van der Waals surface area contributed by atoms with Crippen LogP contribution in [0.5, 0.6) is 0 Å². The Labute approximate surface area is 125 Å². The van der Waals surface area contributed by atoms with Crippen molar-refractivity contribution in [3.63, 3.8) is 0 Å². The monoisotopic (exact) mass is 299 g/mol. The van der Waals surface area contributed by atoms with E-state index in [1.165, 1.54) is 17.8 Å². The topological polar surface area (TPSA) is 91.4 Å². The van der Waals surface area contributed by atoms with E-state index in [9.17, 15) is 9.59 Å². The van der Waals surface area contributed by atoms with E-state index in [-0.39, 0.29) is 23.7 Å². The van der Waals surface area contributed by atoms with Gasteiger partial charge in [0.25, 0.3) is 0 Å². The third kappa shape index (κ3) is 2.63. The van der Waals surface area contributed by atoms with Gasteiger partial charge in [0.2, 0.25) is 5.78 Å². The van der Waals surface area contributed by atoms with Crippen LogP contribution in [0.25, 0.3) is 5.65 Å². The number of benzene rings is 1. The molecule has 0 saturated carbocycles. The molecule has 0 saturated heterocycles. The maximum atomic E-state index is 12.1. The van der Waals surface area contributed by atoms with Crippen LogP contribution in [0.3, 0.4) is 0 Å². The Morgan fingerprint density at radius 1 is 1.27 bits per heavy atom. The van der Waals surface area contributed by atoms with Gasteiger partial charge in [-0.1, -0.05) is 35.5 Å². The Kier molecular flexibility index (Phi) is 3.75. The van der Waals surface area contributed by atoms with Gasteiger partial charge in [0.1, 0.15) is 12.9 Å². The molecule has 0 bridgehead atoms. The third-order valence-corrected chi connectivity index (χ3v) is 3.11. The highest BCUT2D eigenvalue weighted by molar-refractivity contribution is 6.00. The maximum absolute atomic E-state index is 12.1. The highest BCUT2D eigenvalue weighted by atomic mass is 16.5. The molecule has 0 fully saturated rings. The number of imidazole rings is 1. The van der Waals surface area contributed by atoms with Gasteiger partial charge in [-0.25, -0.2) is 14.2 Å². The first kappa shape index (κ1) is 14.1. The number of fused-ring (bicyclic) bond motifs is 1.